The lowest BCUT2D eigenvalue weighted by atomic mass is 10.0. The molecule has 0 saturated heterocycles. The molecule has 17 heavy (non-hydrogen) atoms. The molecule has 1 aromatic carbocycles. The van der Waals surface area contributed by atoms with Crippen LogP contribution in [0.2, 0.25) is 0 Å². The van der Waals surface area contributed by atoms with E-state index in [1.54, 1.807) is 6.20 Å². The highest BCUT2D eigenvalue weighted by Gasteiger charge is 2.23. The molecule has 0 fully saturated rings. The minimum Gasteiger partial charge on any atom is -0.454 e. The first-order chi connectivity index (χ1) is 8.18. The third-order valence-corrected chi connectivity index (χ3v) is 3.50. The van der Waals surface area contributed by atoms with Crippen LogP contribution in [0.3, 0.4) is 0 Å². The van der Waals surface area contributed by atoms with Gasteiger partial charge in [-0.1, -0.05) is 0 Å². The number of aromatic nitrogens is 2. The van der Waals surface area contributed by atoms with Gasteiger partial charge >= 0.3 is 0 Å². The minimum atomic E-state index is 0.248. The van der Waals surface area contributed by atoms with Gasteiger partial charge in [0.15, 0.2) is 11.5 Å². The average Bonchev–Trinajstić information content (AvgIpc) is 2.88. The van der Waals surface area contributed by atoms with Crippen molar-refractivity contribution in [2.24, 2.45) is 0 Å². The average molecular weight is 296 g/mol. The van der Waals surface area contributed by atoms with Crippen LogP contribution >= 0.6 is 15.9 Å². The summed E-state index contributed by atoms with van der Waals surface area (Å²) in [5.41, 5.74) is 8.72. The summed E-state index contributed by atoms with van der Waals surface area (Å²) in [7, 11) is 0. The number of nitrogens with zero attached hydrogens (tertiary/aromatic N) is 1. The third kappa shape index (κ3) is 1.48. The number of nitrogen functional groups attached to an aromatic ring is 1. The largest absolute Gasteiger partial charge is 0.454 e. The maximum absolute atomic E-state index is 5.84. The minimum absolute atomic E-state index is 0.248. The summed E-state index contributed by atoms with van der Waals surface area (Å²) < 4.78 is 11.6. The van der Waals surface area contributed by atoms with E-state index in [9.17, 15) is 0 Å². The Hall–Kier alpha value is -1.69. The molecule has 0 aliphatic carbocycles. The summed E-state index contributed by atoms with van der Waals surface area (Å²) in [5.74, 6) is 2.00. The maximum atomic E-state index is 5.84. The van der Waals surface area contributed by atoms with Crippen molar-refractivity contribution in [3.63, 3.8) is 0 Å². The van der Waals surface area contributed by atoms with E-state index in [1.807, 2.05) is 13.0 Å². The molecule has 0 unspecified atom stereocenters. The number of anilines is 1. The highest BCUT2D eigenvalue weighted by atomic mass is 79.9. The van der Waals surface area contributed by atoms with Crippen molar-refractivity contribution in [1.82, 2.24) is 10.2 Å². The molecule has 0 bridgehead atoms. The lowest BCUT2D eigenvalue weighted by Crippen LogP contribution is -1.93. The second-order valence-corrected chi connectivity index (χ2v) is 4.61. The Morgan fingerprint density at radius 1 is 1.47 bits per heavy atom. The Balaban J connectivity index is 2.28. The molecule has 0 saturated carbocycles. The lowest BCUT2D eigenvalue weighted by molar-refractivity contribution is 0.173. The van der Waals surface area contributed by atoms with Gasteiger partial charge in [0.05, 0.1) is 10.7 Å². The van der Waals surface area contributed by atoms with Gasteiger partial charge in [0.2, 0.25) is 6.79 Å². The van der Waals surface area contributed by atoms with Crippen LogP contribution in [0.15, 0.2) is 16.7 Å². The zero-order valence-corrected chi connectivity index (χ0v) is 10.7. The van der Waals surface area contributed by atoms with E-state index in [2.05, 4.69) is 26.1 Å². The van der Waals surface area contributed by atoms with Crippen molar-refractivity contribution in [2.45, 2.75) is 6.92 Å². The van der Waals surface area contributed by atoms with Crippen LogP contribution in [0, 0.1) is 6.92 Å². The highest BCUT2D eigenvalue weighted by molar-refractivity contribution is 9.10. The Kier molecular flexibility index (Phi) is 2.25. The molecule has 1 aliphatic rings. The number of ether oxygens (including phenoxy) is 2. The molecule has 2 aromatic rings. The van der Waals surface area contributed by atoms with Gasteiger partial charge in [0.1, 0.15) is 5.82 Å². The van der Waals surface area contributed by atoms with Crippen molar-refractivity contribution in [3.05, 3.63) is 22.3 Å². The monoisotopic (exact) mass is 295 g/mol. The van der Waals surface area contributed by atoms with Gasteiger partial charge in [-0.2, -0.15) is 5.10 Å². The molecule has 3 rings (SSSR count). The summed E-state index contributed by atoms with van der Waals surface area (Å²) >= 11 is 3.54. The number of benzene rings is 1. The van der Waals surface area contributed by atoms with Gasteiger partial charge < -0.3 is 15.2 Å². The van der Waals surface area contributed by atoms with E-state index >= 15 is 0 Å². The molecule has 1 aliphatic heterocycles. The Morgan fingerprint density at radius 3 is 3.00 bits per heavy atom. The topological polar surface area (TPSA) is 73.2 Å². The first-order valence-electron chi connectivity index (χ1n) is 5.06. The van der Waals surface area contributed by atoms with Gasteiger partial charge in [-0.05, 0) is 34.5 Å². The van der Waals surface area contributed by atoms with Crippen molar-refractivity contribution < 1.29 is 9.47 Å². The molecule has 3 N–H and O–H groups in total. The van der Waals surface area contributed by atoms with Crippen LogP contribution < -0.4 is 15.2 Å². The molecule has 0 radical (unpaired) electrons. The fourth-order valence-corrected chi connectivity index (χ4v) is 2.78. The van der Waals surface area contributed by atoms with Crippen molar-refractivity contribution >= 4 is 21.7 Å². The molecule has 0 atom stereocenters. The van der Waals surface area contributed by atoms with E-state index in [0.717, 1.165) is 26.9 Å². The second-order valence-electron chi connectivity index (χ2n) is 3.81. The Labute approximate surface area is 106 Å². The van der Waals surface area contributed by atoms with Crippen LogP contribution in [0.4, 0.5) is 5.82 Å². The third-order valence-electron chi connectivity index (χ3n) is 2.74. The number of nitrogens with one attached hydrogen (secondary N) is 1. The zero-order valence-electron chi connectivity index (χ0n) is 9.08. The molecule has 5 nitrogen and oxygen atoms in total. The number of fused-ring (bicyclic) bond motifs is 1. The van der Waals surface area contributed by atoms with Crippen molar-refractivity contribution in [2.75, 3.05) is 12.5 Å². The molecule has 2 heterocycles. The van der Waals surface area contributed by atoms with Crippen LogP contribution in [-0.4, -0.2) is 17.0 Å². The fourth-order valence-electron chi connectivity index (χ4n) is 1.95. The zero-order chi connectivity index (χ0) is 12.0. The van der Waals surface area contributed by atoms with E-state index < -0.39 is 0 Å². The molecule has 88 valence electrons. The second kappa shape index (κ2) is 3.66. The Morgan fingerprint density at radius 2 is 2.29 bits per heavy atom. The van der Waals surface area contributed by atoms with Gasteiger partial charge in [-0.3, -0.25) is 5.10 Å². The quantitative estimate of drug-likeness (QED) is 0.848. The van der Waals surface area contributed by atoms with E-state index in [1.165, 1.54) is 0 Å². The number of nitrogens with two attached hydrogens (primary N) is 1. The number of hydrogen-bond acceptors (Lipinski definition) is 4. The molecule has 0 spiro atoms. The molecular formula is C11H10BrN3O2. The van der Waals surface area contributed by atoms with Crippen LogP contribution in [0.5, 0.6) is 11.5 Å². The lowest BCUT2D eigenvalue weighted by Gasteiger charge is -2.10. The van der Waals surface area contributed by atoms with Gasteiger partial charge in [-0.15, -0.1) is 0 Å². The van der Waals surface area contributed by atoms with Crippen LogP contribution in [0.1, 0.15) is 5.56 Å². The number of hydrogen-bond donors (Lipinski definition) is 2. The predicted octanol–water partition coefficient (Wildman–Crippen LogP) is 2.46. The summed E-state index contributed by atoms with van der Waals surface area (Å²) in [5, 5.41) is 6.66. The number of aryl methyl sites for hydroxylation is 1. The first kappa shape index (κ1) is 10.5. The molecule has 1 aromatic heterocycles. The normalized spacial score (nSPS) is 13.1. The van der Waals surface area contributed by atoms with Gasteiger partial charge in [-0.25, -0.2) is 0 Å². The number of halogens is 1. The summed E-state index contributed by atoms with van der Waals surface area (Å²) in [6.07, 6.45) is 1.70. The first-order valence-corrected chi connectivity index (χ1v) is 5.85. The van der Waals surface area contributed by atoms with E-state index in [4.69, 9.17) is 15.2 Å². The van der Waals surface area contributed by atoms with Crippen molar-refractivity contribution in [1.29, 1.82) is 0 Å². The molecular weight excluding hydrogens is 286 g/mol. The number of rotatable bonds is 1. The SMILES string of the molecule is Cc1cc2c(c(Br)c1-c1cn[nH]c1N)OCO2. The Bertz CT molecular complexity index is 595. The van der Waals surface area contributed by atoms with Crippen LogP contribution in [-0.2, 0) is 0 Å². The van der Waals surface area contributed by atoms with Crippen molar-refractivity contribution in [3.8, 4) is 22.6 Å². The smallest absolute Gasteiger partial charge is 0.231 e. The number of H-pyrrole nitrogens is 1. The standard InChI is InChI=1S/C11H10BrN3O2/c1-5-2-7-10(17-4-16-7)9(12)8(5)6-3-14-15-11(6)13/h2-3H,4H2,1H3,(H3,13,14,15). The summed E-state index contributed by atoms with van der Waals surface area (Å²) in [6, 6.07) is 1.94. The molecule has 6 heteroatoms. The predicted molar refractivity (Wildman–Crippen MR) is 67.0 cm³/mol. The van der Waals surface area contributed by atoms with E-state index in [0.29, 0.717) is 11.6 Å². The summed E-state index contributed by atoms with van der Waals surface area (Å²) in [6.45, 7) is 2.24. The summed E-state index contributed by atoms with van der Waals surface area (Å²) in [4.78, 5) is 0. The molecule has 0 amide bonds. The highest BCUT2D eigenvalue weighted by Crippen LogP contribution is 2.47. The number of aromatic amines is 1. The maximum Gasteiger partial charge on any atom is 0.231 e. The van der Waals surface area contributed by atoms with E-state index in [-0.39, 0.29) is 6.79 Å². The van der Waals surface area contributed by atoms with Gasteiger partial charge in [0.25, 0.3) is 0 Å². The van der Waals surface area contributed by atoms with Crippen LogP contribution in [0.25, 0.3) is 11.1 Å². The fraction of sp³-hybridized carbons (Fsp3) is 0.182. The van der Waals surface area contributed by atoms with Gasteiger partial charge in [0, 0.05) is 11.1 Å².